The van der Waals surface area contributed by atoms with Crippen LogP contribution in [0.1, 0.15) is 50.3 Å². The molecule has 3 nitrogen and oxygen atoms in total. The molecule has 0 aliphatic heterocycles. The third-order valence-electron chi connectivity index (χ3n) is 5.75. The van der Waals surface area contributed by atoms with Gasteiger partial charge in [0.25, 0.3) is 0 Å². The van der Waals surface area contributed by atoms with Gasteiger partial charge < -0.3 is 0 Å². The van der Waals surface area contributed by atoms with Crippen molar-refractivity contribution in [3.63, 3.8) is 0 Å². The Balaban J connectivity index is 1.98. The summed E-state index contributed by atoms with van der Waals surface area (Å²) in [5, 5.41) is 2.44. The van der Waals surface area contributed by atoms with E-state index in [1.807, 2.05) is 18.6 Å². The van der Waals surface area contributed by atoms with Crippen LogP contribution < -0.4 is 0 Å². The van der Waals surface area contributed by atoms with Crippen LogP contribution in [-0.2, 0) is 5.41 Å². The molecule has 3 heterocycles. The lowest BCUT2D eigenvalue weighted by molar-refractivity contribution is 0.647. The molecule has 3 heteroatoms. The van der Waals surface area contributed by atoms with Gasteiger partial charge in [0.2, 0.25) is 0 Å². The van der Waals surface area contributed by atoms with E-state index in [2.05, 4.69) is 63.0 Å². The predicted molar refractivity (Wildman–Crippen MR) is 106 cm³/mol. The lowest BCUT2D eigenvalue weighted by Crippen LogP contribution is -2.25. The number of aromatic nitrogens is 3. The smallest absolute Gasteiger partial charge is 0.0888 e. The number of rotatable bonds is 1. The molecule has 5 rings (SSSR count). The maximum Gasteiger partial charge on any atom is 0.0888 e. The highest BCUT2D eigenvalue weighted by atomic mass is 14.8. The van der Waals surface area contributed by atoms with Gasteiger partial charge in [0.15, 0.2) is 0 Å². The van der Waals surface area contributed by atoms with E-state index in [-0.39, 0.29) is 5.41 Å². The van der Waals surface area contributed by atoms with Crippen molar-refractivity contribution in [1.82, 2.24) is 15.0 Å². The van der Waals surface area contributed by atoms with E-state index >= 15 is 0 Å². The Bertz CT molecular complexity index is 1180. The van der Waals surface area contributed by atoms with Gasteiger partial charge in [0.1, 0.15) is 0 Å². The van der Waals surface area contributed by atoms with Gasteiger partial charge in [-0.15, -0.1) is 0 Å². The van der Waals surface area contributed by atoms with Crippen molar-refractivity contribution >= 4 is 21.8 Å². The van der Waals surface area contributed by atoms with Crippen LogP contribution in [0, 0.1) is 0 Å². The number of fused-ring (bicyclic) bond motifs is 4. The van der Waals surface area contributed by atoms with Crippen LogP contribution in [0.3, 0.4) is 0 Å². The molecule has 1 aliphatic carbocycles. The first-order chi connectivity index (χ1) is 12.5. The van der Waals surface area contributed by atoms with Crippen LogP contribution in [-0.4, -0.2) is 15.0 Å². The molecule has 26 heavy (non-hydrogen) atoms. The van der Waals surface area contributed by atoms with Gasteiger partial charge >= 0.3 is 0 Å². The molecule has 0 spiro atoms. The Labute approximate surface area is 153 Å². The minimum Gasteiger partial charge on any atom is -0.256 e. The monoisotopic (exact) mass is 339 g/mol. The van der Waals surface area contributed by atoms with Gasteiger partial charge in [-0.05, 0) is 40.8 Å². The number of hydrogen-bond acceptors (Lipinski definition) is 3. The second-order valence-electron chi connectivity index (χ2n) is 8.02. The largest absolute Gasteiger partial charge is 0.256 e. The van der Waals surface area contributed by atoms with Crippen LogP contribution in [0.25, 0.3) is 33.1 Å². The minimum absolute atomic E-state index is 0.158. The highest BCUT2D eigenvalue weighted by Gasteiger charge is 2.36. The van der Waals surface area contributed by atoms with Crippen molar-refractivity contribution in [2.75, 3.05) is 0 Å². The maximum atomic E-state index is 4.85. The lowest BCUT2D eigenvalue weighted by atomic mass is 9.69. The standard InChI is InChI=1S/C23H21N3/c1-13(2)14-10-16-19(25-11-14)12-26-22-15-8-9-24-18-7-5-6-17(20(15)18)23(3,4)21(16)22/h5-13H,1-4H3. The fourth-order valence-electron chi connectivity index (χ4n) is 4.32. The Morgan fingerprint density at radius 2 is 1.77 bits per heavy atom. The molecule has 0 atom stereocenters. The quantitative estimate of drug-likeness (QED) is 0.452. The Morgan fingerprint density at radius 1 is 0.923 bits per heavy atom. The van der Waals surface area contributed by atoms with Crippen molar-refractivity contribution in [3.05, 3.63) is 65.6 Å². The molecular formula is C23H21N3. The van der Waals surface area contributed by atoms with E-state index in [4.69, 9.17) is 9.97 Å². The third kappa shape index (κ3) is 1.91. The molecule has 3 aromatic heterocycles. The Morgan fingerprint density at radius 3 is 2.58 bits per heavy atom. The highest BCUT2D eigenvalue weighted by Crippen LogP contribution is 2.49. The van der Waals surface area contributed by atoms with Crippen LogP contribution in [0.15, 0.2) is 48.9 Å². The van der Waals surface area contributed by atoms with Gasteiger partial charge in [-0.25, -0.2) is 0 Å². The van der Waals surface area contributed by atoms with E-state index in [0.717, 1.165) is 16.7 Å². The van der Waals surface area contributed by atoms with Crippen LogP contribution in [0.5, 0.6) is 0 Å². The molecule has 0 radical (unpaired) electrons. The summed E-state index contributed by atoms with van der Waals surface area (Å²) >= 11 is 0. The molecule has 0 bridgehead atoms. The molecule has 0 saturated heterocycles. The molecule has 4 aromatic rings. The van der Waals surface area contributed by atoms with Gasteiger partial charge in [-0.3, -0.25) is 15.0 Å². The number of pyridine rings is 3. The zero-order valence-corrected chi connectivity index (χ0v) is 15.5. The Hall–Kier alpha value is -2.81. The Kier molecular flexibility index (Phi) is 3.03. The first-order valence-electron chi connectivity index (χ1n) is 9.16. The van der Waals surface area contributed by atoms with Crippen molar-refractivity contribution in [2.45, 2.75) is 39.0 Å². The number of benzene rings is 1. The fourth-order valence-corrected chi connectivity index (χ4v) is 4.32. The first-order valence-corrected chi connectivity index (χ1v) is 9.16. The number of hydrogen-bond donors (Lipinski definition) is 0. The summed E-state index contributed by atoms with van der Waals surface area (Å²) < 4.78 is 0. The lowest BCUT2D eigenvalue weighted by Gasteiger charge is -2.35. The summed E-state index contributed by atoms with van der Waals surface area (Å²) in [6.07, 6.45) is 5.78. The molecule has 0 amide bonds. The molecule has 0 saturated carbocycles. The van der Waals surface area contributed by atoms with Crippen molar-refractivity contribution in [3.8, 4) is 11.3 Å². The maximum absolute atomic E-state index is 4.85. The molecule has 1 aromatic carbocycles. The van der Waals surface area contributed by atoms with Crippen LogP contribution in [0.4, 0.5) is 0 Å². The number of nitrogens with zero attached hydrogens (tertiary/aromatic N) is 3. The highest BCUT2D eigenvalue weighted by molar-refractivity contribution is 6.04. The third-order valence-corrected chi connectivity index (χ3v) is 5.75. The van der Waals surface area contributed by atoms with Crippen molar-refractivity contribution in [1.29, 1.82) is 0 Å². The molecule has 0 fully saturated rings. The summed E-state index contributed by atoms with van der Waals surface area (Å²) in [6.45, 7) is 9.01. The fraction of sp³-hybridized carbons (Fsp3) is 0.261. The van der Waals surface area contributed by atoms with Crippen molar-refractivity contribution < 1.29 is 0 Å². The normalized spacial score (nSPS) is 14.8. The van der Waals surface area contributed by atoms with Gasteiger partial charge in [0, 0.05) is 34.1 Å². The van der Waals surface area contributed by atoms with Crippen molar-refractivity contribution in [2.24, 2.45) is 0 Å². The van der Waals surface area contributed by atoms with Crippen LogP contribution in [0.2, 0.25) is 0 Å². The minimum atomic E-state index is -0.158. The second kappa shape index (κ2) is 5.10. The summed E-state index contributed by atoms with van der Waals surface area (Å²) in [7, 11) is 0. The van der Waals surface area contributed by atoms with Gasteiger partial charge in [-0.2, -0.15) is 0 Å². The van der Waals surface area contributed by atoms with E-state index in [1.165, 1.54) is 33.0 Å². The molecule has 0 N–H and O–H groups in total. The topological polar surface area (TPSA) is 38.7 Å². The predicted octanol–water partition coefficient (Wildman–Crippen LogP) is 5.61. The molecule has 128 valence electrons. The SMILES string of the molecule is CC(C)c1cnc2cnc3c(c2c1)C(C)(C)c1cccc2nccc-3c12. The van der Waals surface area contributed by atoms with Gasteiger partial charge in [0.05, 0.1) is 22.9 Å². The average Bonchev–Trinajstić information content (AvgIpc) is 2.64. The van der Waals surface area contributed by atoms with E-state index in [0.29, 0.717) is 5.92 Å². The van der Waals surface area contributed by atoms with Crippen LogP contribution >= 0.6 is 0 Å². The van der Waals surface area contributed by atoms with E-state index in [9.17, 15) is 0 Å². The zero-order chi connectivity index (χ0) is 18.1. The van der Waals surface area contributed by atoms with Gasteiger partial charge in [-0.1, -0.05) is 39.8 Å². The molecule has 1 aliphatic rings. The zero-order valence-electron chi connectivity index (χ0n) is 15.5. The summed E-state index contributed by atoms with van der Waals surface area (Å²) in [6, 6.07) is 10.8. The first kappa shape index (κ1) is 15.4. The molecule has 0 unspecified atom stereocenters. The average molecular weight is 339 g/mol. The van der Waals surface area contributed by atoms with E-state index in [1.54, 1.807) is 0 Å². The van der Waals surface area contributed by atoms with E-state index < -0.39 is 0 Å². The summed E-state index contributed by atoms with van der Waals surface area (Å²) in [5.74, 6) is 0.447. The second-order valence-corrected chi connectivity index (χ2v) is 8.02. The molecular weight excluding hydrogens is 318 g/mol. The summed E-state index contributed by atoms with van der Waals surface area (Å²) in [5.41, 5.74) is 7.94. The summed E-state index contributed by atoms with van der Waals surface area (Å²) in [4.78, 5) is 14.1.